The van der Waals surface area contributed by atoms with Crippen molar-refractivity contribution in [3.05, 3.63) is 96.1 Å². The monoisotopic (exact) mass is 431 g/mol. The van der Waals surface area contributed by atoms with Gasteiger partial charge >= 0.3 is 0 Å². The summed E-state index contributed by atoms with van der Waals surface area (Å²) in [5.74, 6) is 1.71. The van der Waals surface area contributed by atoms with Crippen molar-refractivity contribution in [1.29, 1.82) is 0 Å². The van der Waals surface area contributed by atoms with Crippen LogP contribution in [0.15, 0.2) is 84.9 Å². The second-order valence-electron chi connectivity index (χ2n) is 8.68. The molecule has 0 aliphatic carbocycles. The van der Waals surface area contributed by atoms with Crippen molar-refractivity contribution in [2.45, 2.75) is 37.9 Å². The van der Waals surface area contributed by atoms with Gasteiger partial charge in [0, 0.05) is 26.1 Å². The average molecular weight is 432 g/mol. The zero-order valence-corrected chi connectivity index (χ0v) is 18.7. The maximum Gasteiger partial charge on any atom is 0.120 e. The van der Waals surface area contributed by atoms with E-state index in [0.717, 1.165) is 62.4 Å². The van der Waals surface area contributed by atoms with Gasteiger partial charge in [-0.2, -0.15) is 0 Å². The number of aliphatic hydroxyl groups is 1. The van der Waals surface area contributed by atoms with E-state index in [9.17, 15) is 5.11 Å². The van der Waals surface area contributed by atoms with Gasteiger partial charge in [0.15, 0.2) is 0 Å². The van der Waals surface area contributed by atoms with Crippen molar-refractivity contribution >= 4 is 0 Å². The van der Waals surface area contributed by atoms with E-state index in [1.807, 2.05) is 60.7 Å². The number of nitrogens with zero attached hydrogens (tertiary/aromatic N) is 1. The smallest absolute Gasteiger partial charge is 0.120 e. The fourth-order valence-corrected chi connectivity index (χ4v) is 4.20. The number of benzene rings is 3. The molecule has 1 saturated heterocycles. The third kappa shape index (κ3) is 6.84. The zero-order chi connectivity index (χ0) is 22.1. The van der Waals surface area contributed by atoms with E-state index >= 15 is 0 Å². The Hall–Kier alpha value is -2.82. The van der Waals surface area contributed by atoms with Gasteiger partial charge in [0.2, 0.25) is 0 Å². The second-order valence-corrected chi connectivity index (χ2v) is 8.68. The van der Waals surface area contributed by atoms with Crippen LogP contribution >= 0.6 is 0 Å². The molecular formula is C28H33NO3. The number of hydrogen-bond acceptors (Lipinski definition) is 4. The molecule has 0 saturated carbocycles. The zero-order valence-electron chi connectivity index (χ0n) is 18.7. The molecule has 0 spiro atoms. The summed E-state index contributed by atoms with van der Waals surface area (Å²) in [7, 11) is 0. The lowest BCUT2D eigenvalue weighted by Gasteiger charge is -2.38. The van der Waals surface area contributed by atoms with Crippen LogP contribution in [0.25, 0.3) is 0 Å². The summed E-state index contributed by atoms with van der Waals surface area (Å²) < 4.78 is 11.7. The Kier molecular flexibility index (Phi) is 7.81. The van der Waals surface area contributed by atoms with Gasteiger partial charge < -0.3 is 19.5 Å². The SMILES string of the molecule is OC1(Cc2ccccc2)CCN(CCCOc2ccc(OCc3ccccc3)cc2)CC1. The Morgan fingerprint density at radius 2 is 1.28 bits per heavy atom. The van der Waals surface area contributed by atoms with Gasteiger partial charge in [-0.15, -0.1) is 0 Å². The highest BCUT2D eigenvalue weighted by Crippen LogP contribution is 2.26. The number of piperidine rings is 1. The maximum atomic E-state index is 10.9. The molecule has 4 rings (SSSR count). The van der Waals surface area contributed by atoms with E-state index in [-0.39, 0.29) is 0 Å². The van der Waals surface area contributed by atoms with Gasteiger partial charge in [0.05, 0.1) is 12.2 Å². The minimum Gasteiger partial charge on any atom is -0.494 e. The third-order valence-electron chi connectivity index (χ3n) is 6.12. The first kappa shape index (κ1) is 22.4. The molecule has 0 amide bonds. The number of hydrogen-bond donors (Lipinski definition) is 1. The van der Waals surface area contributed by atoms with Gasteiger partial charge in [-0.25, -0.2) is 0 Å². The van der Waals surface area contributed by atoms with Crippen molar-refractivity contribution in [3.63, 3.8) is 0 Å². The minimum atomic E-state index is -0.571. The molecule has 1 aliphatic rings. The van der Waals surface area contributed by atoms with Crippen molar-refractivity contribution < 1.29 is 14.6 Å². The van der Waals surface area contributed by atoms with E-state index in [0.29, 0.717) is 13.2 Å². The Balaban J connectivity index is 1.12. The largest absolute Gasteiger partial charge is 0.494 e. The Morgan fingerprint density at radius 1 is 0.719 bits per heavy atom. The summed E-state index contributed by atoms with van der Waals surface area (Å²) in [6.45, 7) is 4.14. The topological polar surface area (TPSA) is 41.9 Å². The van der Waals surface area contributed by atoms with E-state index in [4.69, 9.17) is 9.47 Å². The fourth-order valence-electron chi connectivity index (χ4n) is 4.20. The standard InChI is InChI=1S/C28H33NO3/c30-28(22-24-8-3-1-4-9-24)16-19-29(20-17-28)18-7-21-31-26-12-14-27(15-13-26)32-23-25-10-5-2-6-11-25/h1-6,8-15,30H,7,16-23H2. The highest BCUT2D eigenvalue weighted by Gasteiger charge is 2.32. The lowest BCUT2D eigenvalue weighted by Crippen LogP contribution is -2.46. The summed E-state index contributed by atoms with van der Waals surface area (Å²) in [5.41, 5.74) is 1.80. The molecule has 4 nitrogen and oxygen atoms in total. The van der Waals surface area contributed by atoms with Gasteiger partial charge in [-0.3, -0.25) is 0 Å². The first-order chi connectivity index (χ1) is 15.7. The molecule has 1 heterocycles. The lowest BCUT2D eigenvalue weighted by atomic mass is 9.85. The maximum absolute atomic E-state index is 10.9. The summed E-state index contributed by atoms with van der Waals surface area (Å²) in [4.78, 5) is 2.43. The highest BCUT2D eigenvalue weighted by molar-refractivity contribution is 5.31. The van der Waals surface area contributed by atoms with Gasteiger partial charge in [-0.1, -0.05) is 60.7 Å². The molecule has 32 heavy (non-hydrogen) atoms. The van der Waals surface area contributed by atoms with E-state index in [1.165, 1.54) is 5.56 Å². The van der Waals surface area contributed by atoms with E-state index in [2.05, 4.69) is 29.2 Å². The van der Waals surface area contributed by atoms with Crippen LogP contribution in [0, 0.1) is 0 Å². The molecule has 3 aromatic carbocycles. The molecule has 0 aromatic heterocycles. The Labute approximate surface area is 191 Å². The van der Waals surface area contributed by atoms with Crippen molar-refractivity contribution in [2.24, 2.45) is 0 Å². The Morgan fingerprint density at radius 3 is 1.91 bits per heavy atom. The normalized spacial score (nSPS) is 15.9. The molecule has 4 heteroatoms. The molecule has 0 atom stereocenters. The quantitative estimate of drug-likeness (QED) is 0.453. The summed E-state index contributed by atoms with van der Waals surface area (Å²) in [5, 5.41) is 10.9. The van der Waals surface area contributed by atoms with E-state index in [1.54, 1.807) is 0 Å². The van der Waals surface area contributed by atoms with Crippen LogP contribution in [0.1, 0.15) is 30.4 Å². The van der Waals surface area contributed by atoms with Crippen molar-refractivity contribution in [3.8, 4) is 11.5 Å². The van der Waals surface area contributed by atoms with Crippen LogP contribution in [0.2, 0.25) is 0 Å². The number of ether oxygens (including phenoxy) is 2. The lowest BCUT2D eigenvalue weighted by molar-refractivity contribution is -0.0212. The van der Waals surface area contributed by atoms with Crippen LogP contribution in [0.5, 0.6) is 11.5 Å². The molecular weight excluding hydrogens is 398 g/mol. The van der Waals surface area contributed by atoms with Crippen LogP contribution in [0.3, 0.4) is 0 Å². The van der Waals surface area contributed by atoms with Crippen LogP contribution < -0.4 is 9.47 Å². The predicted molar refractivity (Wildman–Crippen MR) is 128 cm³/mol. The Bertz CT molecular complexity index is 920. The molecule has 1 fully saturated rings. The van der Waals surface area contributed by atoms with Crippen LogP contribution in [0.4, 0.5) is 0 Å². The highest BCUT2D eigenvalue weighted by atomic mass is 16.5. The summed E-state index contributed by atoms with van der Waals surface area (Å²) in [6, 6.07) is 28.3. The van der Waals surface area contributed by atoms with Crippen molar-refractivity contribution in [1.82, 2.24) is 4.90 Å². The third-order valence-corrected chi connectivity index (χ3v) is 6.12. The fraction of sp³-hybridized carbons (Fsp3) is 0.357. The molecule has 0 bridgehead atoms. The number of likely N-dealkylation sites (tertiary alicyclic amines) is 1. The minimum absolute atomic E-state index is 0.567. The average Bonchev–Trinajstić information content (AvgIpc) is 2.84. The molecule has 168 valence electrons. The van der Waals surface area contributed by atoms with Gasteiger partial charge in [-0.05, 0) is 54.7 Å². The van der Waals surface area contributed by atoms with Crippen molar-refractivity contribution in [2.75, 3.05) is 26.2 Å². The van der Waals surface area contributed by atoms with Gasteiger partial charge in [0.1, 0.15) is 18.1 Å². The summed E-state index contributed by atoms with van der Waals surface area (Å²) >= 11 is 0. The first-order valence-corrected chi connectivity index (χ1v) is 11.6. The molecule has 1 N–H and O–H groups in total. The van der Waals surface area contributed by atoms with E-state index < -0.39 is 5.60 Å². The van der Waals surface area contributed by atoms with Crippen LogP contribution in [-0.2, 0) is 13.0 Å². The predicted octanol–water partition coefficient (Wildman–Crippen LogP) is 5.10. The second kappa shape index (κ2) is 11.2. The summed E-state index contributed by atoms with van der Waals surface area (Å²) in [6.07, 6.45) is 3.37. The molecule has 1 aliphatic heterocycles. The van der Waals surface area contributed by atoms with Gasteiger partial charge in [0.25, 0.3) is 0 Å². The molecule has 0 unspecified atom stereocenters. The first-order valence-electron chi connectivity index (χ1n) is 11.6. The molecule has 3 aromatic rings. The molecule has 0 radical (unpaired) electrons. The number of rotatable bonds is 10. The van der Waals surface area contributed by atoms with Crippen LogP contribution in [-0.4, -0.2) is 41.8 Å².